The molecule has 1 saturated heterocycles. The summed E-state index contributed by atoms with van der Waals surface area (Å²) in [4.78, 5) is 27.6. The van der Waals surface area contributed by atoms with Crippen LogP contribution in [0.25, 0.3) is 0 Å². The van der Waals surface area contributed by atoms with Crippen LogP contribution < -0.4 is 5.32 Å². The molecule has 3 rings (SSSR count). The van der Waals surface area contributed by atoms with E-state index in [4.69, 9.17) is 0 Å². The molecule has 1 aromatic carbocycles. The third-order valence-electron chi connectivity index (χ3n) is 5.05. The lowest BCUT2D eigenvalue weighted by atomic mass is 9.96. The van der Waals surface area contributed by atoms with Crippen LogP contribution in [0.2, 0.25) is 0 Å². The van der Waals surface area contributed by atoms with E-state index >= 15 is 0 Å². The SMILES string of the molecule is O=C(NC1CCCCC1)N1CCN(C(=O)c2ccc(F)c(F)c2F)CC1. The van der Waals surface area contributed by atoms with Gasteiger partial charge < -0.3 is 15.1 Å². The third-order valence-corrected chi connectivity index (χ3v) is 5.05. The number of amides is 3. The monoisotopic (exact) mass is 369 g/mol. The molecule has 0 unspecified atom stereocenters. The van der Waals surface area contributed by atoms with Crippen molar-refractivity contribution in [1.82, 2.24) is 15.1 Å². The van der Waals surface area contributed by atoms with Gasteiger partial charge in [-0.1, -0.05) is 19.3 Å². The van der Waals surface area contributed by atoms with Crippen LogP contribution in [0.15, 0.2) is 12.1 Å². The Hall–Kier alpha value is -2.25. The standard InChI is InChI=1S/C18H22F3N3O2/c19-14-7-6-13(15(20)16(14)21)17(25)23-8-10-24(11-9-23)18(26)22-12-4-2-1-3-5-12/h6-7,12H,1-5,8-11H2,(H,22,26). The van der Waals surface area contributed by atoms with Gasteiger partial charge in [0, 0.05) is 32.2 Å². The molecule has 5 nitrogen and oxygen atoms in total. The smallest absolute Gasteiger partial charge is 0.317 e. The van der Waals surface area contributed by atoms with Crippen molar-refractivity contribution in [3.63, 3.8) is 0 Å². The van der Waals surface area contributed by atoms with E-state index in [0.717, 1.165) is 37.8 Å². The largest absolute Gasteiger partial charge is 0.335 e. The summed E-state index contributed by atoms with van der Waals surface area (Å²) in [6.45, 7) is 1.07. The molecular formula is C18H22F3N3O2. The summed E-state index contributed by atoms with van der Waals surface area (Å²) in [5.41, 5.74) is -0.496. The molecule has 0 radical (unpaired) electrons. The highest BCUT2D eigenvalue weighted by Gasteiger charge is 2.28. The van der Waals surface area contributed by atoms with E-state index in [0.29, 0.717) is 13.1 Å². The van der Waals surface area contributed by atoms with Gasteiger partial charge in [0.2, 0.25) is 0 Å². The zero-order chi connectivity index (χ0) is 18.7. The molecule has 1 N–H and O–H groups in total. The van der Waals surface area contributed by atoms with E-state index in [2.05, 4.69) is 5.32 Å². The summed E-state index contributed by atoms with van der Waals surface area (Å²) >= 11 is 0. The normalized spacial score (nSPS) is 18.7. The van der Waals surface area contributed by atoms with E-state index in [1.165, 1.54) is 11.3 Å². The number of halogens is 3. The number of carbonyl (C=O) groups excluding carboxylic acids is 2. The average Bonchev–Trinajstić information content (AvgIpc) is 2.67. The number of hydrogen-bond acceptors (Lipinski definition) is 2. The molecule has 3 amide bonds. The first-order chi connectivity index (χ1) is 12.5. The van der Waals surface area contributed by atoms with Gasteiger partial charge in [-0.3, -0.25) is 4.79 Å². The summed E-state index contributed by atoms with van der Waals surface area (Å²) in [6, 6.07) is 1.73. The maximum absolute atomic E-state index is 13.8. The Bertz CT molecular complexity index is 685. The molecule has 1 aliphatic carbocycles. The Morgan fingerprint density at radius 3 is 2.15 bits per heavy atom. The maximum Gasteiger partial charge on any atom is 0.317 e. The fourth-order valence-corrected chi connectivity index (χ4v) is 3.49. The predicted molar refractivity (Wildman–Crippen MR) is 89.2 cm³/mol. The fourth-order valence-electron chi connectivity index (χ4n) is 3.49. The molecule has 1 heterocycles. The molecule has 26 heavy (non-hydrogen) atoms. The van der Waals surface area contributed by atoms with Gasteiger partial charge in [0.1, 0.15) is 0 Å². The quantitative estimate of drug-likeness (QED) is 0.815. The highest BCUT2D eigenvalue weighted by molar-refractivity contribution is 5.94. The van der Waals surface area contributed by atoms with E-state index < -0.39 is 28.9 Å². The van der Waals surface area contributed by atoms with Crippen molar-refractivity contribution >= 4 is 11.9 Å². The Labute approximate surface area is 150 Å². The number of nitrogens with zero attached hydrogens (tertiary/aromatic N) is 2. The molecule has 0 spiro atoms. The molecule has 1 aliphatic heterocycles. The molecule has 2 fully saturated rings. The lowest BCUT2D eigenvalue weighted by molar-refractivity contribution is 0.0656. The number of benzene rings is 1. The van der Waals surface area contributed by atoms with Crippen LogP contribution in [0.1, 0.15) is 42.5 Å². The van der Waals surface area contributed by atoms with Gasteiger partial charge in [-0.2, -0.15) is 0 Å². The highest BCUT2D eigenvalue weighted by atomic mass is 19.2. The van der Waals surface area contributed by atoms with Crippen LogP contribution in [-0.4, -0.2) is 54.0 Å². The minimum Gasteiger partial charge on any atom is -0.335 e. The van der Waals surface area contributed by atoms with Crippen molar-refractivity contribution in [1.29, 1.82) is 0 Å². The van der Waals surface area contributed by atoms with Crippen LogP contribution in [0.5, 0.6) is 0 Å². The van der Waals surface area contributed by atoms with Crippen molar-refractivity contribution in [2.75, 3.05) is 26.2 Å². The molecular weight excluding hydrogens is 347 g/mol. The highest BCUT2D eigenvalue weighted by Crippen LogP contribution is 2.19. The molecule has 8 heteroatoms. The second kappa shape index (κ2) is 7.97. The van der Waals surface area contributed by atoms with E-state index in [9.17, 15) is 22.8 Å². The molecule has 0 bridgehead atoms. The number of hydrogen-bond donors (Lipinski definition) is 1. The summed E-state index contributed by atoms with van der Waals surface area (Å²) in [6.07, 6.45) is 5.41. The van der Waals surface area contributed by atoms with Crippen molar-refractivity contribution in [3.8, 4) is 0 Å². The first-order valence-corrected chi connectivity index (χ1v) is 8.95. The first-order valence-electron chi connectivity index (χ1n) is 8.95. The minimum absolute atomic E-state index is 0.150. The topological polar surface area (TPSA) is 52.7 Å². The van der Waals surface area contributed by atoms with Crippen molar-refractivity contribution in [2.45, 2.75) is 38.1 Å². The second-order valence-corrected chi connectivity index (χ2v) is 6.79. The summed E-state index contributed by atoms with van der Waals surface area (Å²) in [5, 5.41) is 3.02. The van der Waals surface area contributed by atoms with E-state index in [-0.39, 0.29) is 25.2 Å². The van der Waals surface area contributed by atoms with Gasteiger partial charge in [0.05, 0.1) is 5.56 Å². The number of piperazine rings is 1. The van der Waals surface area contributed by atoms with Gasteiger partial charge in [-0.25, -0.2) is 18.0 Å². The molecule has 2 aliphatic rings. The summed E-state index contributed by atoms with van der Waals surface area (Å²) < 4.78 is 40.1. The zero-order valence-electron chi connectivity index (χ0n) is 14.4. The second-order valence-electron chi connectivity index (χ2n) is 6.79. The molecule has 1 aromatic rings. The zero-order valence-corrected chi connectivity index (χ0v) is 14.4. The summed E-state index contributed by atoms with van der Waals surface area (Å²) in [5.74, 6) is -5.16. The first kappa shape index (κ1) is 18.5. The molecule has 142 valence electrons. The Kier molecular flexibility index (Phi) is 5.68. The Morgan fingerprint density at radius 1 is 0.885 bits per heavy atom. The number of urea groups is 1. The number of carbonyl (C=O) groups is 2. The lowest BCUT2D eigenvalue weighted by Crippen LogP contribution is -2.54. The number of rotatable bonds is 2. The van der Waals surface area contributed by atoms with Crippen LogP contribution in [0.3, 0.4) is 0 Å². The van der Waals surface area contributed by atoms with Gasteiger partial charge in [0.25, 0.3) is 5.91 Å². The maximum atomic E-state index is 13.8. The molecule has 0 aromatic heterocycles. The fraction of sp³-hybridized carbons (Fsp3) is 0.556. The van der Waals surface area contributed by atoms with Gasteiger partial charge in [-0.15, -0.1) is 0 Å². The van der Waals surface area contributed by atoms with Crippen LogP contribution in [0, 0.1) is 17.5 Å². The van der Waals surface area contributed by atoms with Crippen LogP contribution in [-0.2, 0) is 0 Å². The lowest BCUT2D eigenvalue weighted by Gasteiger charge is -2.36. The molecule has 0 atom stereocenters. The van der Waals surface area contributed by atoms with Crippen LogP contribution in [0.4, 0.5) is 18.0 Å². The Balaban J connectivity index is 1.55. The van der Waals surface area contributed by atoms with Gasteiger partial charge in [0.15, 0.2) is 17.5 Å². The van der Waals surface area contributed by atoms with Gasteiger partial charge in [-0.05, 0) is 25.0 Å². The minimum atomic E-state index is -1.65. The average molecular weight is 369 g/mol. The Morgan fingerprint density at radius 2 is 1.50 bits per heavy atom. The molecule has 1 saturated carbocycles. The van der Waals surface area contributed by atoms with E-state index in [1.54, 1.807) is 4.90 Å². The van der Waals surface area contributed by atoms with E-state index in [1.807, 2.05) is 0 Å². The van der Waals surface area contributed by atoms with Crippen molar-refractivity contribution in [3.05, 3.63) is 35.1 Å². The van der Waals surface area contributed by atoms with Crippen molar-refractivity contribution < 1.29 is 22.8 Å². The van der Waals surface area contributed by atoms with Gasteiger partial charge >= 0.3 is 6.03 Å². The van der Waals surface area contributed by atoms with Crippen LogP contribution >= 0.6 is 0 Å². The predicted octanol–water partition coefficient (Wildman–Crippen LogP) is 2.90. The summed E-state index contributed by atoms with van der Waals surface area (Å²) in [7, 11) is 0. The third kappa shape index (κ3) is 3.94. The number of nitrogens with one attached hydrogen (secondary N) is 1. The van der Waals surface area contributed by atoms with Crippen molar-refractivity contribution in [2.24, 2.45) is 0 Å².